The first-order valence-corrected chi connectivity index (χ1v) is 10.3. The summed E-state index contributed by atoms with van der Waals surface area (Å²) in [4.78, 5) is 19.0. The van der Waals surface area contributed by atoms with E-state index in [0.717, 1.165) is 50.3 Å². The maximum atomic E-state index is 12.2. The highest BCUT2D eigenvalue weighted by Crippen LogP contribution is 2.20. The maximum absolute atomic E-state index is 12.2. The summed E-state index contributed by atoms with van der Waals surface area (Å²) in [6, 6.07) is 13.5. The summed E-state index contributed by atoms with van der Waals surface area (Å²) >= 11 is 0. The fourth-order valence-electron chi connectivity index (χ4n) is 3.36. The first-order chi connectivity index (χ1) is 13.6. The van der Waals surface area contributed by atoms with E-state index < -0.39 is 0 Å². The molecule has 3 rings (SSSR count). The number of rotatable bonds is 8. The summed E-state index contributed by atoms with van der Waals surface area (Å²) in [7, 11) is 0. The topological polar surface area (TPSA) is 54.5 Å². The number of amides is 1. The van der Waals surface area contributed by atoms with Gasteiger partial charge in [-0.25, -0.2) is 0 Å². The molecule has 0 bridgehead atoms. The van der Waals surface area contributed by atoms with Gasteiger partial charge in [-0.2, -0.15) is 0 Å². The number of benzene rings is 1. The smallest absolute Gasteiger partial charge is 0.251 e. The van der Waals surface area contributed by atoms with E-state index in [9.17, 15) is 4.79 Å². The number of nitrogens with one attached hydrogen (secondary N) is 1. The van der Waals surface area contributed by atoms with Crippen molar-refractivity contribution in [2.75, 3.05) is 19.6 Å². The van der Waals surface area contributed by atoms with Crippen molar-refractivity contribution in [3.05, 3.63) is 59.9 Å². The average Bonchev–Trinajstić information content (AvgIpc) is 2.70. The fraction of sp³-hybridized carbons (Fsp3) is 0.478. The normalized spacial score (nSPS) is 15.5. The standard InChI is InChI=1S/C23H31N3O2/c1-18(2)10-14-25-23(27)19-6-8-21(9-7-19)28-22-11-15-26(16-12-22)17-20-5-3-4-13-24-20/h3-9,13,18,22H,10-12,14-17H2,1-2H3,(H,25,27). The van der Waals surface area contributed by atoms with Crippen LogP contribution in [0, 0.1) is 5.92 Å². The van der Waals surface area contributed by atoms with Gasteiger partial charge in [0.25, 0.3) is 5.91 Å². The lowest BCUT2D eigenvalue weighted by Gasteiger charge is -2.31. The lowest BCUT2D eigenvalue weighted by atomic mass is 10.1. The molecule has 2 heterocycles. The van der Waals surface area contributed by atoms with Crippen molar-refractivity contribution in [2.45, 2.75) is 45.8 Å². The first kappa shape index (κ1) is 20.3. The van der Waals surface area contributed by atoms with E-state index >= 15 is 0 Å². The minimum absolute atomic E-state index is 0.0185. The molecule has 1 saturated heterocycles. The Labute approximate surface area is 168 Å². The molecule has 0 saturated carbocycles. The highest BCUT2D eigenvalue weighted by Gasteiger charge is 2.21. The van der Waals surface area contributed by atoms with Gasteiger partial charge < -0.3 is 10.1 Å². The van der Waals surface area contributed by atoms with Crippen molar-refractivity contribution in [1.82, 2.24) is 15.2 Å². The molecule has 0 spiro atoms. The maximum Gasteiger partial charge on any atom is 0.251 e. The van der Waals surface area contributed by atoms with Gasteiger partial charge in [-0.05, 0) is 61.6 Å². The van der Waals surface area contributed by atoms with E-state index in [1.54, 1.807) is 0 Å². The van der Waals surface area contributed by atoms with Crippen LogP contribution in [-0.4, -0.2) is 41.5 Å². The number of piperidine rings is 1. The second kappa shape index (κ2) is 10.2. The molecule has 28 heavy (non-hydrogen) atoms. The lowest BCUT2D eigenvalue weighted by Crippen LogP contribution is -2.37. The second-order valence-corrected chi connectivity index (χ2v) is 7.88. The Morgan fingerprint density at radius 1 is 1.18 bits per heavy atom. The Balaban J connectivity index is 1.42. The number of ether oxygens (including phenoxy) is 1. The van der Waals surface area contributed by atoms with Gasteiger partial charge in [0.2, 0.25) is 0 Å². The average molecular weight is 382 g/mol. The van der Waals surface area contributed by atoms with Gasteiger partial charge in [0.05, 0.1) is 5.69 Å². The zero-order valence-electron chi connectivity index (χ0n) is 16.9. The number of carbonyl (C=O) groups is 1. The number of nitrogens with zero attached hydrogens (tertiary/aromatic N) is 2. The van der Waals surface area contributed by atoms with Crippen LogP contribution in [0.1, 0.15) is 49.2 Å². The third kappa shape index (κ3) is 6.34. The minimum Gasteiger partial charge on any atom is -0.490 e. The summed E-state index contributed by atoms with van der Waals surface area (Å²) in [5.41, 5.74) is 1.80. The van der Waals surface area contributed by atoms with Gasteiger partial charge in [-0.15, -0.1) is 0 Å². The zero-order valence-corrected chi connectivity index (χ0v) is 16.9. The summed E-state index contributed by atoms with van der Waals surface area (Å²) in [5.74, 6) is 1.41. The molecule has 2 aromatic rings. The van der Waals surface area contributed by atoms with Crippen LogP contribution in [0.5, 0.6) is 5.75 Å². The quantitative estimate of drug-likeness (QED) is 0.753. The fourth-order valence-corrected chi connectivity index (χ4v) is 3.36. The van der Waals surface area contributed by atoms with E-state index in [2.05, 4.69) is 35.1 Å². The van der Waals surface area contributed by atoms with E-state index in [1.807, 2.05) is 42.6 Å². The van der Waals surface area contributed by atoms with Crippen LogP contribution in [0.3, 0.4) is 0 Å². The summed E-state index contributed by atoms with van der Waals surface area (Å²) in [5, 5.41) is 2.97. The predicted octanol–water partition coefficient (Wildman–Crippen LogP) is 3.90. The van der Waals surface area contributed by atoms with Crippen molar-refractivity contribution >= 4 is 5.91 Å². The van der Waals surface area contributed by atoms with E-state index in [-0.39, 0.29) is 12.0 Å². The van der Waals surface area contributed by atoms with Crippen molar-refractivity contribution in [1.29, 1.82) is 0 Å². The molecule has 1 N–H and O–H groups in total. The van der Waals surface area contributed by atoms with Gasteiger partial charge >= 0.3 is 0 Å². The second-order valence-electron chi connectivity index (χ2n) is 7.88. The molecule has 0 unspecified atom stereocenters. The van der Waals surface area contributed by atoms with Gasteiger partial charge in [0.1, 0.15) is 11.9 Å². The van der Waals surface area contributed by atoms with E-state index in [1.165, 1.54) is 0 Å². The van der Waals surface area contributed by atoms with Crippen LogP contribution in [0.15, 0.2) is 48.7 Å². The van der Waals surface area contributed by atoms with Crippen LogP contribution < -0.4 is 10.1 Å². The molecule has 5 heteroatoms. The lowest BCUT2D eigenvalue weighted by molar-refractivity contribution is 0.0948. The molecule has 1 aliphatic rings. The predicted molar refractivity (Wildman–Crippen MR) is 111 cm³/mol. The minimum atomic E-state index is -0.0185. The van der Waals surface area contributed by atoms with Crippen LogP contribution in [0.2, 0.25) is 0 Å². The molecule has 1 aromatic carbocycles. The van der Waals surface area contributed by atoms with Gasteiger partial charge in [-0.1, -0.05) is 19.9 Å². The van der Waals surface area contributed by atoms with Crippen LogP contribution in [-0.2, 0) is 6.54 Å². The Morgan fingerprint density at radius 3 is 2.57 bits per heavy atom. The zero-order chi connectivity index (χ0) is 19.8. The summed E-state index contributed by atoms with van der Waals surface area (Å²) in [6.45, 7) is 7.94. The number of aromatic nitrogens is 1. The third-order valence-electron chi connectivity index (χ3n) is 5.07. The Bertz CT molecular complexity index is 723. The molecular formula is C23H31N3O2. The number of hydrogen-bond acceptors (Lipinski definition) is 4. The number of hydrogen-bond donors (Lipinski definition) is 1. The Morgan fingerprint density at radius 2 is 1.93 bits per heavy atom. The molecule has 0 atom stereocenters. The SMILES string of the molecule is CC(C)CCNC(=O)c1ccc(OC2CCN(Cc3ccccn3)CC2)cc1. The highest BCUT2D eigenvalue weighted by atomic mass is 16.5. The number of carbonyl (C=O) groups excluding carboxylic acids is 1. The van der Waals surface area contributed by atoms with Crippen molar-refractivity contribution in [3.8, 4) is 5.75 Å². The van der Waals surface area contributed by atoms with Crippen molar-refractivity contribution < 1.29 is 9.53 Å². The highest BCUT2D eigenvalue weighted by molar-refractivity contribution is 5.94. The largest absolute Gasteiger partial charge is 0.490 e. The van der Waals surface area contributed by atoms with Gasteiger partial charge in [0, 0.05) is 37.9 Å². The first-order valence-electron chi connectivity index (χ1n) is 10.3. The van der Waals surface area contributed by atoms with Gasteiger partial charge in [0.15, 0.2) is 0 Å². The molecule has 5 nitrogen and oxygen atoms in total. The molecule has 1 aromatic heterocycles. The molecule has 0 aliphatic carbocycles. The van der Waals surface area contributed by atoms with E-state index in [4.69, 9.17) is 4.74 Å². The Hall–Kier alpha value is -2.40. The molecular weight excluding hydrogens is 350 g/mol. The summed E-state index contributed by atoms with van der Waals surface area (Å²) in [6.07, 6.45) is 5.07. The van der Waals surface area contributed by atoms with E-state index in [0.29, 0.717) is 18.0 Å². The van der Waals surface area contributed by atoms with Crippen LogP contribution in [0.25, 0.3) is 0 Å². The third-order valence-corrected chi connectivity index (χ3v) is 5.07. The van der Waals surface area contributed by atoms with Crippen LogP contribution in [0.4, 0.5) is 0 Å². The monoisotopic (exact) mass is 381 g/mol. The Kier molecular flexibility index (Phi) is 7.43. The molecule has 0 radical (unpaired) electrons. The molecule has 1 amide bonds. The molecule has 1 fully saturated rings. The van der Waals surface area contributed by atoms with Crippen molar-refractivity contribution in [3.63, 3.8) is 0 Å². The van der Waals surface area contributed by atoms with Crippen LogP contribution >= 0.6 is 0 Å². The summed E-state index contributed by atoms with van der Waals surface area (Å²) < 4.78 is 6.13. The number of likely N-dealkylation sites (tertiary alicyclic amines) is 1. The van der Waals surface area contributed by atoms with Gasteiger partial charge in [-0.3, -0.25) is 14.7 Å². The molecule has 150 valence electrons. The van der Waals surface area contributed by atoms with Crippen molar-refractivity contribution in [2.24, 2.45) is 5.92 Å². The number of pyridine rings is 1. The molecule has 1 aliphatic heterocycles.